The van der Waals surface area contributed by atoms with Gasteiger partial charge in [0.25, 0.3) is 0 Å². The second kappa shape index (κ2) is 4.31. The van der Waals surface area contributed by atoms with Gasteiger partial charge in [-0.3, -0.25) is 10.3 Å². The van der Waals surface area contributed by atoms with E-state index in [1.165, 1.54) is 0 Å². The summed E-state index contributed by atoms with van der Waals surface area (Å²) >= 11 is 0. The van der Waals surface area contributed by atoms with E-state index in [2.05, 4.69) is 10.3 Å². The Kier molecular flexibility index (Phi) is 2.78. The predicted molar refractivity (Wildman–Crippen MR) is 69.1 cm³/mol. The third-order valence-electron chi connectivity index (χ3n) is 3.36. The Morgan fingerprint density at radius 1 is 1.44 bits per heavy atom. The van der Waals surface area contributed by atoms with Gasteiger partial charge in [-0.25, -0.2) is 0 Å². The first-order chi connectivity index (χ1) is 8.72. The largest absolute Gasteiger partial charge is 0.394 e. The summed E-state index contributed by atoms with van der Waals surface area (Å²) in [5.41, 5.74) is 1.66. The van der Waals surface area contributed by atoms with Crippen LogP contribution < -0.4 is 5.32 Å². The zero-order valence-corrected chi connectivity index (χ0v) is 10.3. The van der Waals surface area contributed by atoms with Gasteiger partial charge in [0.05, 0.1) is 24.3 Å². The Labute approximate surface area is 106 Å². The second-order valence-corrected chi connectivity index (χ2v) is 4.97. The molecule has 0 saturated carbocycles. The smallest absolute Gasteiger partial charge is 0.135 e. The highest BCUT2D eigenvalue weighted by Gasteiger charge is 2.35. The summed E-state index contributed by atoms with van der Waals surface area (Å²) < 4.78 is 5.75. The lowest BCUT2D eigenvalue weighted by atomic mass is 10.0. The number of nitrogens with zero attached hydrogens (tertiary/aromatic N) is 1. The molecule has 0 bridgehead atoms. The summed E-state index contributed by atoms with van der Waals surface area (Å²) in [6.45, 7) is 2.52. The summed E-state index contributed by atoms with van der Waals surface area (Å²) in [4.78, 5) is 4.34. The van der Waals surface area contributed by atoms with Crippen LogP contribution in [-0.2, 0) is 4.74 Å². The first kappa shape index (κ1) is 11.6. The molecule has 1 aromatic heterocycles. The molecule has 94 valence electrons. The van der Waals surface area contributed by atoms with Crippen molar-refractivity contribution in [1.82, 2.24) is 10.3 Å². The number of aromatic nitrogens is 1. The van der Waals surface area contributed by atoms with E-state index < -0.39 is 0 Å². The Bertz CT molecular complexity index is 567. The molecule has 0 radical (unpaired) electrons. The van der Waals surface area contributed by atoms with Crippen LogP contribution in [0.2, 0.25) is 0 Å². The highest BCUT2D eigenvalue weighted by atomic mass is 16.5. The molecule has 0 spiro atoms. The third kappa shape index (κ3) is 1.88. The van der Waals surface area contributed by atoms with Gasteiger partial charge >= 0.3 is 0 Å². The summed E-state index contributed by atoms with van der Waals surface area (Å²) in [6, 6.07) is 9.95. The number of nitrogens with one attached hydrogen (secondary N) is 1. The number of pyridine rings is 1. The third-order valence-corrected chi connectivity index (χ3v) is 3.36. The fourth-order valence-electron chi connectivity index (χ4n) is 2.27. The van der Waals surface area contributed by atoms with Crippen molar-refractivity contribution in [3.05, 3.63) is 42.1 Å². The van der Waals surface area contributed by atoms with Gasteiger partial charge in [0.1, 0.15) is 6.23 Å². The zero-order valence-electron chi connectivity index (χ0n) is 10.3. The summed E-state index contributed by atoms with van der Waals surface area (Å²) in [7, 11) is 0. The van der Waals surface area contributed by atoms with Crippen LogP contribution in [0.5, 0.6) is 0 Å². The van der Waals surface area contributed by atoms with E-state index in [-0.39, 0.29) is 18.4 Å². The Hall–Kier alpha value is -1.49. The zero-order chi connectivity index (χ0) is 12.6. The van der Waals surface area contributed by atoms with E-state index in [0.717, 1.165) is 16.5 Å². The van der Waals surface area contributed by atoms with E-state index in [1.54, 1.807) is 6.20 Å². The van der Waals surface area contributed by atoms with Crippen molar-refractivity contribution >= 4 is 10.9 Å². The number of aliphatic hydroxyl groups excluding tert-OH is 1. The average Bonchev–Trinajstić information content (AvgIpc) is 2.81. The molecule has 1 aliphatic rings. The van der Waals surface area contributed by atoms with E-state index in [0.29, 0.717) is 6.61 Å². The molecule has 3 rings (SSSR count). The number of rotatable bonds is 2. The highest BCUT2D eigenvalue weighted by molar-refractivity contribution is 5.82. The molecular weight excluding hydrogens is 228 g/mol. The van der Waals surface area contributed by atoms with E-state index in [1.807, 2.05) is 37.3 Å². The van der Waals surface area contributed by atoms with E-state index in [4.69, 9.17) is 4.74 Å². The Morgan fingerprint density at radius 3 is 3.06 bits per heavy atom. The van der Waals surface area contributed by atoms with Crippen molar-refractivity contribution in [3.8, 4) is 0 Å². The van der Waals surface area contributed by atoms with Gasteiger partial charge in [0, 0.05) is 17.1 Å². The molecule has 18 heavy (non-hydrogen) atoms. The summed E-state index contributed by atoms with van der Waals surface area (Å²) in [6.07, 6.45) is 1.60. The molecule has 2 heterocycles. The van der Waals surface area contributed by atoms with Crippen LogP contribution in [0.3, 0.4) is 0 Å². The van der Waals surface area contributed by atoms with Gasteiger partial charge < -0.3 is 9.84 Å². The van der Waals surface area contributed by atoms with Crippen molar-refractivity contribution in [2.45, 2.75) is 18.7 Å². The predicted octanol–water partition coefficient (Wildman–Crippen LogP) is 1.60. The maximum atomic E-state index is 9.35. The number of aliphatic hydroxyl groups is 1. The van der Waals surface area contributed by atoms with Crippen LogP contribution in [0, 0.1) is 0 Å². The average molecular weight is 244 g/mol. The number of hydrogen-bond acceptors (Lipinski definition) is 4. The minimum absolute atomic E-state index is 0.0620. The van der Waals surface area contributed by atoms with Crippen LogP contribution in [0.15, 0.2) is 36.5 Å². The first-order valence-electron chi connectivity index (χ1n) is 6.06. The van der Waals surface area contributed by atoms with Crippen molar-refractivity contribution in [3.63, 3.8) is 0 Å². The first-order valence-corrected chi connectivity index (χ1v) is 6.06. The lowest BCUT2D eigenvalue weighted by Crippen LogP contribution is -2.43. The van der Waals surface area contributed by atoms with E-state index in [9.17, 15) is 5.11 Å². The number of hydrogen-bond donors (Lipinski definition) is 2. The standard InChI is InChI=1S/C14H16N2O2/c1-14(8-17)9-18-13(16-14)11-6-7-15-12-5-3-2-4-10(11)12/h2-7,13,16-17H,8-9H2,1H3. The van der Waals surface area contributed by atoms with Crippen LogP contribution >= 0.6 is 0 Å². The molecule has 4 nitrogen and oxygen atoms in total. The minimum atomic E-state index is -0.366. The lowest BCUT2D eigenvalue weighted by molar-refractivity contribution is 0.0951. The highest BCUT2D eigenvalue weighted by Crippen LogP contribution is 2.30. The molecule has 2 unspecified atom stereocenters. The van der Waals surface area contributed by atoms with Gasteiger partial charge in [-0.1, -0.05) is 18.2 Å². The molecule has 4 heteroatoms. The molecule has 2 N–H and O–H groups in total. The van der Waals surface area contributed by atoms with Gasteiger partial charge in [-0.15, -0.1) is 0 Å². The normalized spacial score (nSPS) is 27.8. The number of ether oxygens (including phenoxy) is 1. The van der Waals surface area contributed by atoms with Crippen LogP contribution in [0.1, 0.15) is 18.7 Å². The van der Waals surface area contributed by atoms with Crippen LogP contribution in [0.4, 0.5) is 0 Å². The molecular formula is C14H16N2O2. The van der Waals surface area contributed by atoms with Gasteiger partial charge in [0.2, 0.25) is 0 Å². The molecule has 1 aliphatic heterocycles. The summed E-state index contributed by atoms with van der Waals surface area (Å²) in [5.74, 6) is 0. The van der Waals surface area contributed by atoms with Crippen molar-refractivity contribution in [2.75, 3.05) is 13.2 Å². The lowest BCUT2D eigenvalue weighted by Gasteiger charge is -2.20. The molecule has 2 atom stereocenters. The van der Waals surface area contributed by atoms with Crippen LogP contribution in [-0.4, -0.2) is 28.8 Å². The number of fused-ring (bicyclic) bond motifs is 1. The van der Waals surface area contributed by atoms with Crippen molar-refractivity contribution in [1.29, 1.82) is 0 Å². The number of benzene rings is 1. The fourth-order valence-corrected chi connectivity index (χ4v) is 2.27. The number of para-hydroxylation sites is 1. The van der Waals surface area contributed by atoms with Gasteiger partial charge in [-0.2, -0.15) is 0 Å². The maximum absolute atomic E-state index is 9.35. The Balaban J connectivity index is 2.01. The molecule has 1 saturated heterocycles. The molecule has 1 fully saturated rings. The van der Waals surface area contributed by atoms with Gasteiger partial charge in [-0.05, 0) is 19.1 Å². The topological polar surface area (TPSA) is 54.4 Å². The van der Waals surface area contributed by atoms with E-state index >= 15 is 0 Å². The van der Waals surface area contributed by atoms with Crippen molar-refractivity contribution in [2.24, 2.45) is 0 Å². The molecule has 0 amide bonds. The quantitative estimate of drug-likeness (QED) is 0.842. The summed E-state index contributed by atoms with van der Waals surface area (Å²) in [5, 5.41) is 13.8. The molecule has 0 aliphatic carbocycles. The molecule has 1 aromatic carbocycles. The second-order valence-electron chi connectivity index (χ2n) is 4.97. The van der Waals surface area contributed by atoms with Crippen molar-refractivity contribution < 1.29 is 9.84 Å². The fraction of sp³-hybridized carbons (Fsp3) is 0.357. The maximum Gasteiger partial charge on any atom is 0.135 e. The monoisotopic (exact) mass is 244 g/mol. The van der Waals surface area contributed by atoms with Crippen LogP contribution in [0.25, 0.3) is 10.9 Å². The van der Waals surface area contributed by atoms with Gasteiger partial charge in [0.15, 0.2) is 0 Å². The SMILES string of the molecule is CC1(CO)COC(c2ccnc3ccccc23)N1. The minimum Gasteiger partial charge on any atom is -0.394 e. The Morgan fingerprint density at radius 2 is 2.28 bits per heavy atom. The molecule has 2 aromatic rings.